The first-order chi connectivity index (χ1) is 9.63. The van der Waals surface area contributed by atoms with Gasteiger partial charge in [0.2, 0.25) is 0 Å². The molecule has 0 saturated carbocycles. The maximum absolute atomic E-state index is 11.4. The zero-order valence-electron chi connectivity index (χ0n) is 10.7. The highest BCUT2D eigenvalue weighted by atomic mass is 16.5. The number of nitrogens with one attached hydrogen (secondary N) is 2. The van der Waals surface area contributed by atoms with Crippen LogP contribution in [0.15, 0.2) is 23.9 Å². The van der Waals surface area contributed by atoms with E-state index in [0.29, 0.717) is 17.1 Å². The molecule has 1 heterocycles. The number of ether oxygens (including phenoxy) is 2. The molecule has 0 atom stereocenters. The molecule has 0 bridgehead atoms. The molecule has 0 aromatic heterocycles. The Hall–Kier alpha value is -2.94. The van der Waals surface area contributed by atoms with Gasteiger partial charge in [-0.15, -0.1) is 6.42 Å². The molecule has 0 aliphatic carbocycles. The smallest absolute Gasteiger partial charge is 0.326 e. The summed E-state index contributed by atoms with van der Waals surface area (Å²) in [6.07, 6.45) is 6.66. The number of amides is 3. The first-order valence-electron chi connectivity index (χ1n) is 5.72. The van der Waals surface area contributed by atoms with Gasteiger partial charge in [-0.3, -0.25) is 10.1 Å². The molecule has 1 aromatic rings. The van der Waals surface area contributed by atoms with Crippen LogP contribution in [-0.2, 0) is 4.79 Å². The predicted octanol–water partition coefficient (Wildman–Crippen LogP) is 0.888. The molecule has 0 unspecified atom stereocenters. The molecule has 1 saturated heterocycles. The molecule has 1 aromatic carbocycles. The normalized spacial score (nSPS) is 15.5. The van der Waals surface area contributed by atoms with Gasteiger partial charge in [-0.25, -0.2) is 4.79 Å². The van der Waals surface area contributed by atoms with Crippen molar-refractivity contribution >= 4 is 18.0 Å². The summed E-state index contributed by atoms with van der Waals surface area (Å²) < 4.78 is 10.5. The summed E-state index contributed by atoms with van der Waals surface area (Å²) >= 11 is 0. The minimum Gasteiger partial charge on any atom is -0.493 e. The van der Waals surface area contributed by atoms with E-state index in [2.05, 4.69) is 16.6 Å². The number of hydrogen-bond donors (Lipinski definition) is 2. The van der Waals surface area contributed by atoms with Crippen LogP contribution >= 0.6 is 0 Å². The summed E-state index contributed by atoms with van der Waals surface area (Å²) in [7, 11) is 1.50. The number of benzene rings is 1. The van der Waals surface area contributed by atoms with Gasteiger partial charge in [0.05, 0.1) is 7.11 Å². The summed E-state index contributed by atoms with van der Waals surface area (Å²) in [4.78, 5) is 22.4. The lowest BCUT2D eigenvalue weighted by Crippen LogP contribution is -2.22. The highest BCUT2D eigenvalue weighted by Crippen LogP contribution is 2.28. The average Bonchev–Trinajstić information content (AvgIpc) is 2.75. The standard InChI is InChI=1S/C14H12N2O4/c1-3-6-20-11-5-4-9(8-12(11)19-2)7-10-13(17)16-14(18)15-10/h1,4-5,7-8H,6H2,2H3,(H2,15,16,17,18)/b10-7+. The van der Waals surface area contributed by atoms with Gasteiger partial charge >= 0.3 is 6.03 Å². The van der Waals surface area contributed by atoms with E-state index in [4.69, 9.17) is 15.9 Å². The van der Waals surface area contributed by atoms with E-state index in [9.17, 15) is 9.59 Å². The Kier molecular flexibility index (Phi) is 3.91. The van der Waals surface area contributed by atoms with Crippen LogP contribution in [-0.4, -0.2) is 25.7 Å². The molecule has 6 nitrogen and oxygen atoms in total. The van der Waals surface area contributed by atoms with E-state index in [1.807, 2.05) is 0 Å². The minimum atomic E-state index is -0.540. The average molecular weight is 272 g/mol. The Morgan fingerprint density at radius 3 is 2.70 bits per heavy atom. The molecule has 0 spiro atoms. The highest BCUT2D eigenvalue weighted by molar-refractivity contribution is 6.13. The molecule has 2 N–H and O–H groups in total. The second-order valence-corrected chi connectivity index (χ2v) is 3.87. The van der Waals surface area contributed by atoms with Gasteiger partial charge in [0.15, 0.2) is 11.5 Å². The molecule has 1 aliphatic heterocycles. The van der Waals surface area contributed by atoms with Crippen LogP contribution in [0.1, 0.15) is 5.56 Å². The third kappa shape index (κ3) is 2.90. The van der Waals surface area contributed by atoms with Crippen LogP contribution in [0.4, 0.5) is 4.79 Å². The van der Waals surface area contributed by atoms with Crippen molar-refractivity contribution in [2.45, 2.75) is 0 Å². The Morgan fingerprint density at radius 1 is 1.30 bits per heavy atom. The van der Waals surface area contributed by atoms with Gasteiger partial charge in [-0.1, -0.05) is 12.0 Å². The molecule has 20 heavy (non-hydrogen) atoms. The van der Waals surface area contributed by atoms with E-state index < -0.39 is 11.9 Å². The predicted molar refractivity (Wildman–Crippen MR) is 72.0 cm³/mol. The Balaban J connectivity index is 2.26. The van der Waals surface area contributed by atoms with Crippen molar-refractivity contribution in [3.8, 4) is 23.8 Å². The van der Waals surface area contributed by atoms with Crippen molar-refractivity contribution < 1.29 is 19.1 Å². The summed E-state index contributed by atoms with van der Waals surface area (Å²) in [5.74, 6) is 2.88. The fourth-order valence-electron chi connectivity index (χ4n) is 1.66. The Morgan fingerprint density at radius 2 is 2.10 bits per heavy atom. The highest BCUT2D eigenvalue weighted by Gasteiger charge is 2.22. The van der Waals surface area contributed by atoms with Crippen molar-refractivity contribution in [2.24, 2.45) is 0 Å². The summed E-state index contributed by atoms with van der Waals surface area (Å²) in [6, 6.07) is 4.54. The number of terminal acetylenes is 1. The first-order valence-corrected chi connectivity index (χ1v) is 5.72. The number of imide groups is 1. The molecule has 102 valence electrons. The van der Waals surface area contributed by atoms with Crippen LogP contribution in [0.2, 0.25) is 0 Å². The van der Waals surface area contributed by atoms with Crippen molar-refractivity contribution in [1.29, 1.82) is 0 Å². The fraction of sp³-hybridized carbons (Fsp3) is 0.143. The fourth-order valence-corrected chi connectivity index (χ4v) is 1.66. The van der Waals surface area contributed by atoms with Crippen molar-refractivity contribution in [3.05, 3.63) is 29.5 Å². The summed E-state index contributed by atoms with van der Waals surface area (Å²) in [5, 5.41) is 4.52. The number of urea groups is 1. The van der Waals surface area contributed by atoms with Gasteiger partial charge < -0.3 is 14.8 Å². The molecular formula is C14H12N2O4. The topological polar surface area (TPSA) is 76.7 Å². The molecule has 1 aliphatic rings. The molecule has 1 fully saturated rings. The van der Waals surface area contributed by atoms with Crippen LogP contribution < -0.4 is 20.1 Å². The van der Waals surface area contributed by atoms with Crippen LogP contribution in [0.3, 0.4) is 0 Å². The third-order valence-corrected chi connectivity index (χ3v) is 2.53. The number of rotatable bonds is 4. The van der Waals surface area contributed by atoms with Gasteiger partial charge in [-0.05, 0) is 23.8 Å². The molecular weight excluding hydrogens is 260 g/mol. The van der Waals surface area contributed by atoms with Gasteiger partial charge in [0.25, 0.3) is 5.91 Å². The third-order valence-electron chi connectivity index (χ3n) is 2.53. The van der Waals surface area contributed by atoms with Gasteiger partial charge in [0.1, 0.15) is 12.3 Å². The van der Waals surface area contributed by atoms with E-state index in [1.165, 1.54) is 13.2 Å². The first kappa shape index (κ1) is 13.5. The molecule has 6 heteroatoms. The zero-order valence-corrected chi connectivity index (χ0v) is 10.7. The van der Waals surface area contributed by atoms with Crippen LogP contribution in [0.25, 0.3) is 6.08 Å². The van der Waals surface area contributed by atoms with Crippen molar-refractivity contribution in [2.75, 3.05) is 13.7 Å². The lowest BCUT2D eigenvalue weighted by molar-refractivity contribution is -0.115. The molecule has 3 amide bonds. The lowest BCUT2D eigenvalue weighted by Gasteiger charge is -2.09. The number of hydrogen-bond acceptors (Lipinski definition) is 4. The number of methoxy groups -OCH3 is 1. The lowest BCUT2D eigenvalue weighted by atomic mass is 10.1. The van der Waals surface area contributed by atoms with E-state index in [-0.39, 0.29) is 12.3 Å². The van der Waals surface area contributed by atoms with Crippen LogP contribution in [0.5, 0.6) is 11.5 Å². The van der Waals surface area contributed by atoms with Crippen molar-refractivity contribution in [3.63, 3.8) is 0 Å². The Bertz CT molecular complexity index is 629. The second kappa shape index (κ2) is 5.80. The maximum atomic E-state index is 11.4. The van der Waals surface area contributed by atoms with Gasteiger partial charge in [0, 0.05) is 0 Å². The van der Waals surface area contributed by atoms with Crippen LogP contribution in [0, 0.1) is 12.3 Å². The molecule has 0 radical (unpaired) electrons. The largest absolute Gasteiger partial charge is 0.493 e. The quantitative estimate of drug-likeness (QED) is 0.485. The van der Waals surface area contributed by atoms with E-state index >= 15 is 0 Å². The Labute approximate surface area is 115 Å². The van der Waals surface area contributed by atoms with E-state index in [0.717, 1.165) is 0 Å². The van der Waals surface area contributed by atoms with Gasteiger partial charge in [-0.2, -0.15) is 0 Å². The summed E-state index contributed by atoms with van der Waals surface area (Å²) in [5.41, 5.74) is 0.858. The van der Waals surface area contributed by atoms with Crippen molar-refractivity contribution in [1.82, 2.24) is 10.6 Å². The second-order valence-electron chi connectivity index (χ2n) is 3.87. The maximum Gasteiger partial charge on any atom is 0.326 e. The number of carbonyl (C=O) groups excluding carboxylic acids is 2. The SMILES string of the molecule is C#CCOc1ccc(/C=C2/NC(=O)NC2=O)cc1OC. The number of carbonyl (C=O) groups is 2. The van der Waals surface area contributed by atoms with E-state index in [1.54, 1.807) is 18.2 Å². The monoisotopic (exact) mass is 272 g/mol. The zero-order chi connectivity index (χ0) is 14.5. The minimum absolute atomic E-state index is 0.134. The summed E-state index contributed by atoms with van der Waals surface area (Å²) in [6.45, 7) is 0.134. The molecule has 2 rings (SSSR count).